The van der Waals surface area contributed by atoms with E-state index in [0.717, 1.165) is 18.6 Å². The summed E-state index contributed by atoms with van der Waals surface area (Å²) in [5.41, 5.74) is 5.46. The predicted octanol–water partition coefficient (Wildman–Crippen LogP) is 3.18. The van der Waals surface area contributed by atoms with Gasteiger partial charge in [0.25, 0.3) is 0 Å². The van der Waals surface area contributed by atoms with Gasteiger partial charge in [-0.3, -0.25) is 0 Å². The Morgan fingerprint density at radius 3 is 2.11 bits per heavy atom. The Kier molecular flexibility index (Phi) is 7.36. The highest BCUT2D eigenvalue weighted by Gasteiger charge is 2.23. The van der Waals surface area contributed by atoms with Gasteiger partial charge in [0, 0.05) is 5.56 Å². The van der Waals surface area contributed by atoms with Crippen molar-refractivity contribution in [3.8, 4) is 0 Å². The van der Waals surface area contributed by atoms with E-state index in [-0.39, 0.29) is 18.0 Å². The van der Waals surface area contributed by atoms with E-state index in [1.54, 1.807) is 0 Å². The maximum Gasteiger partial charge on any atom is 0.131 e. The number of benzene rings is 1. The first-order chi connectivity index (χ1) is 7.93. The van der Waals surface area contributed by atoms with Gasteiger partial charge in [-0.2, -0.15) is 0 Å². The lowest BCUT2D eigenvalue weighted by Gasteiger charge is -2.20. The van der Waals surface area contributed by atoms with Crippen LogP contribution in [0, 0.1) is 17.6 Å². The third-order valence-corrected chi connectivity index (χ3v) is 2.79. The zero-order chi connectivity index (χ0) is 13.0. The van der Waals surface area contributed by atoms with Gasteiger partial charge < -0.3 is 10.8 Å². The zero-order valence-corrected chi connectivity index (χ0v) is 11.4. The fourth-order valence-electron chi connectivity index (χ4n) is 1.71. The summed E-state index contributed by atoms with van der Waals surface area (Å²) in [6.45, 7) is 4.03. The number of aliphatic hydroxyl groups excluding tert-OH is 1. The van der Waals surface area contributed by atoms with Gasteiger partial charge >= 0.3 is 0 Å². The molecule has 0 saturated heterocycles. The molecule has 0 heterocycles. The highest BCUT2D eigenvalue weighted by Crippen LogP contribution is 2.24. The molecule has 0 fully saturated rings. The van der Waals surface area contributed by atoms with Gasteiger partial charge in [-0.1, -0.05) is 19.9 Å². The van der Waals surface area contributed by atoms with Crippen LogP contribution in [0.3, 0.4) is 0 Å². The Hall–Kier alpha value is -0.710. The first-order valence-corrected chi connectivity index (χ1v) is 5.81. The monoisotopic (exact) mass is 279 g/mol. The van der Waals surface area contributed by atoms with Crippen LogP contribution >= 0.6 is 12.4 Å². The smallest absolute Gasteiger partial charge is 0.131 e. The molecular formula is C13H20ClF2NO. The third kappa shape index (κ3) is 4.52. The summed E-state index contributed by atoms with van der Waals surface area (Å²) in [5, 5.41) is 9.81. The average molecular weight is 280 g/mol. The maximum atomic E-state index is 13.4. The van der Waals surface area contributed by atoms with E-state index in [0.29, 0.717) is 12.3 Å². The highest BCUT2D eigenvalue weighted by atomic mass is 35.5. The van der Waals surface area contributed by atoms with Crippen molar-refractivity contribution in [2.24, 2.45) is 11.7 Å². The summed E-state index contributed by atoms with van der Waals surface area (Å²) >= 11 is 0. The standard InChI is InChI=1S/C13H19F2NO.ClH/c1-8(2)6-7-11(17)13(16)12-9(14)4-3-5-10(12)15;/h3-5,8,11,13,17H,6-7,16H2,1-2H3;1H/t11-,13-;/m0./s1. The first kappa shape index (κ1) is 17.3. The zero-order valence-electron chi connectivity index (χ0n) is 10.6. The van der Waals surface area contributed by atoms with Crippen molar-refractivity contribution in [2.75, 3.05) is 0 Å². The molecule has 0 radical (unpaired) electrons. The molecule has 1 aromatic carbocycles. The van der Waals surface area contributed by atoms with Crippen molar-refractivity contribution in [3.05, 3.63) is 35.4 Å². The second-order valence-electron chi connectivity index (χ2n) is 4.70. The molecule has 5 heteroatoms. The molecule has 0 spiro atoms. The molecular weight excluding hydrogens is 260 g/mol. The molecule has 18 heavy (non-hydrogen) atoms. The molecule has 1 rings (SSSR count). The van der Waals surface area contributed by atoms with Gasteiger partial charge in [-0.05, 0) is 30.9 Å². The van der Waals surface area contributed by atoms with Gasteiger partial charge in [-0.25, -0.2) is 8.78 Å². The minimum Gasteiger partial charge on any atom is -0.391 e. The van der Waals surface area contributed by atoms with Crippen LogP contribution < -0.4 is 5.73 Å². The minimum absolute atomic E-state index is 0. The molecule has 104 valence electrons. The Morgan fingerprint density at radius 1 is 1.17 bits per heavy atom. The van der Waals surface area contributed by atoms with Crippen LogP contribution in [-0.4, -0.2) is 11.2 Å². The maximum absolute atomic E-state index is 13.4. The summed E-state index contributed by atoms with van der Waals surface area (Å²) < 4.78 is 26.9. The summed E-state index contributed by atoms with van der Waals surface area (Å²) in [4.78, 5) is 0. The number of rotatable bonds is 5. The molecule has 1 aromatic rings. The Morgan fingerprint density at radius 2 is 1.67 bits per heavy atom. The number of hydrogen-bond acceptors (Lipinski definition) is 2. The fourth-order valence-corrected chi connectivity index (χ4v) is 1.71. The number of nitrogens with two attached hydrogens (primary N) is 1. The van der Waals surface area contributed by atoms with Crippen molar-refractivity contribution >= 4 is 12.4 Å². The van der Waals surface area contributed by atoms with Gasteiger partial charge in [0.2, 0.25) is 0 Å². The SMILES string of the molecule is CC(C)CC[C@H](O)[C@H](N)c1c(F)cccc1F.Cl. The molecule has 3 N–H and O–H groups in total. The average Bonchev–Trinajstić information content (AvgIpc) is 2.25. The molecule has 0 aromatic heterocycles. The molecule has 2 nitrogen and oxygen atoms in total. The quantitative estimate of drug-likeness (QED) is 0.869. The number of aliphatic hydroxyl groups is 1. The van der Waals surface area contributed by atoms with Crippen LogP contribution in [0.15, 0.2) is 18.2 Å². The second kappa shape index (κ2) is 7.67. The molecule has 0 saturated carbocycles. The normalized spacial score (nSPS) is 14.2. The molecule has 0 amide bonds. The van der Waals surface area contributed by atoms with E-state index >= 15 is 0 Å². The lowest BCUT2D eigenvalue weighted by Crippen LogP contribution is -2.28. The van der Waals surface area contributed by atoms with Gasteiger partial charge in [0.1, 0.15) is 11.6 Å². The summed E-state index contributed by atoms with van der Waals surface area (Å²) in [5.74, 6) is -0.996. The van der Waals surface area contributed by atoms with Crippen LogP contribution in [0.2, 0.25) is 0 Å². The van der Waals surface area contributed by atoms with Crippen molar-refractivity contribution in [3.63, 3.8) is 0 Å². The van der Waals surface area contributed by atoms with E-state index in [1.165, 1.54) is 6.07 Å². The lowest BCUT2D eigenvalue weighted by molar-refractivity contribution is 0.125. The van der Waals surface area contributed by atoms with Crippen molar-refractivity contribution in [1.82, 2.24) is 0 Å². The number of hydrogen-bond donors (Lipinski definition) is 2. The van der Waals surface area contributed by atoms with Gasteiger partial charge in [0.15, 0.2) is 0 Å². The summed E-state index contributed by atoms with van der Waals surface area (Å²) in [6, 6.07) is 2.55. The van der Waals surface area contributed by atoms with Crippen molar-refractivity contribution < 1.29 is 13.9 Å². The molecule has 0 aliphatic carbocycles. The highest BCUT2D eigenvalue weighted by molar-refractivity contribution is 5.85. The lowest BCUT2D eigenvalue weighted by atomic mass is 9.95. The fraction of sp³-hybridized carbons (Fsp3) is 0.538. The van der Waals surface area contributed by atoms with E-state index in [4.69, 9.17) is 5.73 Å². The van der Waals surface area contributed by atoms with E-state index in [9.17, 15) is 13.9 Å². The molecule has 0 unspecified atom stereocenters. The molecule has 0 aliphatic rings. The van der Waals surface area contributed by atoms with Gasteiger partial charge in [0.05, 0.1) is 12.1 Å². The second-order valence-corrected chi connectivity index (χ2v) is 4.70. The van der Waals surface area contributed by atoms with E-state index < -0.39 is 23.8 Å². The van der Waals surface area contributed by atoms with Crippen molar-refractivity contribution in [1.29, 1.82) is 0 Å². The largest absolute Gasteiger partial charge is 0.391 e. The topological polar surface area (TPSA) is 46.2 Å². The van der Waals surface area contributed by atoms with Crippen LogP contribution in [0.25, 0.3) is 0 Å². The summed E-state index contributed by atoms with van der Waals surface area (Å²) in [7, 11) is 0. The van der Waals surface area contributed by atoms with Gasteiger partial charge in [-0.15, -0.1) is 12.4 Å². The van der Waals surface area contributed by atoms with Crippen LogP contribution in [0.4, 0.5) is 8.78 Å². The number of halogens is 3. The Balaban J connectivity index is 0.00000289. The van der Waals surface area contributed by atoms with Crippen LogP contribution in [0.5, 0.6) is 0 Å². The Labute approximate surface area is 113 Å². The van der Waals surface area contributed by atoms with Crippen LogP contribution in [-0.2, 0) is 0 Å². The van der Waals surface area contributed by atoms with Crippen LogP contribution in [0.1, 0.15) is 38.3 Å². The predicted molar refractivity (Wildman–Crippen MR) is 70.6 cm³/mol. The first-order valence-electron chi connectivity index (χ1n) is 5.81. The minimum atomic E-state index is -1.02. The third-order valence-electron chi connectivity index (χ3n) is 2.79. The van der Waals surface area contributed by atoms with Crippen molar-refractivity contribution in [2.45, 2.75) is 38.8 Å². The summed E-state index contributed by atoms with van der Waals surface area (Å²) in [6.07, 6.45) is 0.279. The molecule has 0 aliphatic heterocycles. The van der Waals surface area contributed by atoms with E-state index in [1.807, 2.05) is 13.8 Å². The molecule has 2 atom stereocenters. The Bertz CT molecular complexity index is 354. The van der Waals surface area contributed by atoms with E-state index in [2.05, 4.69) is 0 Å². The molecule has 0 bridgehead atoms.